The first-order chi connectivity index (χ1) is 13.2. The second kappa shape index (κ2) is 7.67. The average Bonchev–Trinajstić information content (AvgIpc) is 3.35. The fourth-order valence-electron chi connectivity index (χ4n) is 3.47. The van der Waals surface area contributed by atoms with Crippen molar-refractivity contribution in [1.82, 2.24) is 15.3 Å². The molecule has 2 heterocycles. The molecule has 136 valence electrons. The minimum absolute atomic E-state index is 0.119. The molecule has 0 bridgehead atoms. The van der Waals surface area contributed by atoms with Crippen molar-refractivity contribution >= 4 is 39.2 Å². The number of hydrogen-bond donors (Lipinski definition) is 1. The largest absolute Gasteiger partial charge is 0.337 e. The SMILES string of the molecule is N#CC1(NC(=O)CSc2ncnc3scc(-c4ccccc4)c23)CCCC1. The number of hydrogen-bond acceptors (Lipinski definition) is 6. The zero-order valence-electron chi connectivity index (χ0n) is 14.6. The zero-order chi connectivity index (χ0) is 18.7. The first-order valence-corrected chi connectivity index (χ1v) is 10.7. The lowest BCUT2D eigenvalue weighted by atomic mass is 10.0. The van der Waals surface area contributed by atoms with E-state index in [2.05, 4.69) is 38.9 Å². The van der Waals surface area contributed by atoms with Crippen LogP contribution in [0.1, 0.15) is 25.7 Å². The molecule has 1 N–H and O–H groups in total. The number of nitrogens with one attached hydrogen (secondary N) is 1. The monoisotopic (exact) mass is 394 g/mol. The van der Waals surface area contributed by atoms with Crippen LogP contribution in [0.5, 0.6) is 0 Å². The van der Waals surface area contributed by atoms with Gasteiger partial charge in [0.2, 0.25) is 5.91 Å². The summed E-state index contributed by atoms with van der Waals surface area (Å²) in [5.41, 5.74) is 1.51. The van der Waals surface area contributed by atoms with Crippen molar-refractivity contribution in [3.05, 3.63) is 42.0 Å². The van der Waals surface area contributed by atoms with Gasteiger partial charge in [-0.2, -0.15) is 5.26 Å². The molecular weight excluding hydrogens is 376 g/mol. The maximum absolute atomic E-state index is 12.4. The minimum Gasteiger partial charge on any atom is -0.337 e. The van der Waals surface area contributed by atoms with Crippen LogP contribution >= 0.6 is 23.1 Å². The number of thiophene rings is 1. The molecule has 1 aliphatic rings. The van der Waals surface area contributed by atoms with E-state index in [1.54, 1.807) is 17.7 Å². The highest BCUT2D eigenvalue weighted by molar-refractivity contribution is 8.00. The lowest BCUT2D eigenvalue weighted by Gasteiger charge is -2.21. The van der Waals surface area contributed by atoms with Gasteiger partial charge in [-0.1, -0.05) is 42.1 Å². The summed E-state index contributed by atoms with van der Waals surface area (Å²) in [5, 5.41) is 16.2. The maximum atomic E-state index is 12.4. The highest BCUT2D eigenvalue weighted by Gasteiger charge is 2.35. The smallest absolute Gasteiger partial charge is 0.231 e. The molecule has 0 aliphatic heterocycles. The van der Waals surface area contributed by atoms with Gasteiger partial charge in [0.1, 0.15) is 21.7 Å². The van der Waals surface area contributed by atoms with E-state index in [-0.39, 0.29) is 11.7 Å². The van der Waals surface area contributed by atoms with E-state index in [1.807, 2.05) is 18.2 Å². The van der Waals surface area contributed by atoms with Gasteiger partial charge >= 0.3 is 0 Å². The number of carbonyl (C=O) groups is 1. The summed E-state index contributed by atoms with van der Waals surface area (Å²) in [6, 6.07) is 12.4. The topological polar surface area (TPSA) is 78.7 Å². The Hall–Kier alpha value is -2.43. The van der Waals surface area contributed by atoms with Crippen molar-refractivity contribution in [1.29, 1.82) is 5.26 Å². The van der Waals surface area contributed by atoms with Gasteiger partial charge in [-0.05, 0) is 31.2 Å². The molecule has 1 fully saturated rings. The van der Waals surface area contributed by atoms with E-state index in [0.29, 0.717) is 0 Å². The predicted molar refractivity (Wildman–Crippen MR) is 109 cm³/mol. The second-order valence-corrected chi connectivity index (χ2v) is 8.43. The summed E-state index contributed by atoms with van der Waals surface area (Å²) in [7, 11) is 0. The van der Waals surface area contributed by atoms with E-state index in [9.17, 15) is 10.1 Å². The van der Waals surface area contributed by atoms with Crippen LogP contribution in [-0.2, 0) is 4.79 Å². The van der Waals surface area contributed by atoms with Crippen molar-refractivity contribution < 1.29 is 4.79 Å². The minimum atomic E-state index is -0.684. The Morgan fingerprint density at radius 2 is 2.04 bits per heavy atom. The highest BCUT2D eigenvalue weighted by Crippen LogP contribution is 2.37. The number of rotatable bonds is 5. The Bertz CT molecular complexity index is 1000. The van der Waals surface area contributed by atoms with E-state index in [1.165, 1.54) is 11.8 Å². The number of benzene rings is 1. The molecule has 2 aromatic heterocycles. The maximum Gasteiger partial charge on any atom is 0.231 e. The van der Waals surface area contributed by atoms with Gasteiger partial charge < -0.3 is 5.32 Å². The molecule has 1 aliphatic carbocycles. The second-order valence-electron chi connectivity index (χ2n) is 6.61. The number of fused-ring (bicyclic) bond motifs is 1. The first kappa shape index (κ1) is 18.0. The van der Waals surface area contributed by atoms with Crippen LogP contribution in [-0.4, -0.2) is 27.2 Å². The molecule has 1 amide bonds. The van der Waals surface area contributed by atoms with Crippen molar-refractivity contribution in [2.45, 2.75) is 36.2 Å². The van der Waals surface area contributed by atoms with E-state index < -0.39 is 5.54 Å². The number of carbonyl (C=O) groups excluding carboxylic acids is 1. The molecule has 4 rings (SSSR count). The molecule has 1 saturated carbocycles. The van der Waals surface area contributed by atoms with Gasteiger partial charge in [-0.15, -0.1) is 11.3 Å². The predicted octanol–water partition coefficient (Wildman–Crippen LogP) is 4.40. The molecule has 7 heteroatoms. The molecule has 0 radical (unpaired) electrons. The van der Waals surface area contributed by atoms with Gasteiger partial charge in [0.15, 0.2) is 0 Å². The summed E-state index contributed by atoms with van der Waals surface area (Å²) in [6.07, 6.45) is 4.99. The van der Waals surface area contributed by atoms with Gasteiger partial charge in [-0.25, -0.2) is 9.97 Å². The standard InChI is InChI=1S/C20H18N4OS2/c21-12-20(8-4-5-9-20)24-16(25)11-27-19-17-15(14-6-2-1-3-7-14)10-26-18(17)22-13-23-19/h1-3,6-7,10,13H,4-5,8-9,11H2,(H,24,25). The van der Waals surface area contributed by atoms with E-state index in [4.69, 9.17) is 0 Å². The van der Waals surface area contributed by atoms with Crippen LogP contribution in [0, 0.1) is 11.3 Å². The fraction of sp³-hybridized carbons (Fsp3) is 0.300. The lowest BCUT2D eigenvalue weighted by Crippen LogP contribution is -2.45. The molecule has 0 atom stereocenters. The van der Waals surface area contributed by atoms with E-state index in [0.717, 1.165) is 52.1 Å². The fourth-order valence-corrected chi connectivity index (χ4v) is 5.26. The van der Waals surface area contributed by atoms with Gasteiger partial charge in [-0.3, -0.25) is 4.79 Å². The average molecular weight is 395 g/mol. The Morgan fingerprint density at radius 3 is 2.78 bits per heavy atom. The van der Waals surface area contributed by atoms with Crippen LogP contribution in [0.4, 0.5) is 0 Å². The first-order valence-electron chi connectivity index (χ1n) is 8.83. The van der Waals surface area contributed by atoms with E-state index >= 15 is 0 Å². The third-order valence-corrected chi connectivity index (χ3v) is 6.69. The molecule has 0 spiro atoms. The van der Waals surface area contributed by atoms with Crippen molar-refractivity contribution in [2.75, 3.05) is 5.75 Å². The van der Waals surface area contributed by atoms with Crippen LogP contribution in [0.2, 0.25) is 0 Å². The Balaban J connectivity index is 1.55. The third kappa shape index (κ3) is 3.68. The Labute approximate surface area is 165 Å². The van der Waals surface area contributed by atoms with Crippen LogP contribution in [0.3, 0.4) is 0 Å². The molecule has 27 heavy (non-hydrogen) atoms. The summed E-state index contributed by atoms with van der Waals surface area (Å²) >= 11 is 2.98. The summed E-state index contributed by atoms with van der Waals surface area (Å²) in [4.78, 5) is 22.1. The summed E-state index contributed by atoms with van der Waals surface area (Å²) in [6.45, 7) is 0. The molecule has 0 saturated heterocycles. The van der Waals surface area contributed by atoms with Crippen LogP contribution in [0.15, 0.2) is 47.1 Å². The van der Waals surface area contributed by atoms with Crippen LogP contribution < -0.4 is 5.32 Å². The van der Waals surface area contributed by atoms with Crippen LogP contribution in [0.25, 0.3) is 21.3 Å². The lowest BCUT2D eigenvalue weighted by molar-refractivity contribution is -0.119. The third-order valence-electron chi connectivity index (χ3n) is 4.81. The van der Waals surface area contributed by atoms with Crippen molar-refractivity contribution in [2.24, 2.45) is 0 Å². The molecule has 0 unspecified atom stereocenters. The summed E-state index contributed by atoms with van der Waals surface area (Å²) in [5.74, 6) is 0.117. The number of amides is 1. The van der Waals surface area contributed by atoms with Crippen molar-refractivity contribution in [3.63, 3.8) is 0 Å². The Morgan fingerprint density at radius 1 is 1.26 bits per heavy atom. The molecular formula is C20H18N4OS2. The number of thioether (sulfide) groups is 1. The number of aromatic nitrogens is 2. The van der Waals surface area contributed by atoms with Crippen molar-refractivity contribution in [3.8, 4) is 17.2 Å². The van der Waals surface area contributed by atoms with Gasteiger partial charge in [0.05, 0.1) is 17.2 Å². The highest BCUT2D eigenvalue weighted by atomic mass is 32.2. The molecule has 1 aromatic carbocycles. The normalized spacial score (nSPS) is 15.5. The van der Waals surface area contributed by atoms with Gasteiger partial charge in [0.25, 0.3) is 0 Å². The zero-order valence-corrected chi connectivity index (χ0v) is 16.3. The number of nitrogens with zero attached hydrogens (tertiary/aromatic N) is 3. The Kier molecular flexibility index (Phi) is 5.10. The quantitative estimate of drug-likeness (QED) is 0.512. The summed E-state index contributed by atoms with van der Waals surface area (Å²) < 4.78 is 0. The molecule has 3 aromatic rings. The molecule has 5 nitrogen and oxygen atoms in total. The number of nitriles is 1. The van der Waals surface area contributed by atoms with Gasteiger partial charge in [0, 0.05) is 10.9 Å².